The predicted octanol–water partition coefficient (Wildman–Crippen LogP) is 3.79. The summed E-state index contributed by atoms with van der Waals surface area (Å²) in [7, 11) is 0. The third-order valence-corrected chi connectivity index (χ3v) is 3.43. The normalized spacial score (nSPS) is 12.2. The summed E-state index contributed by atoms with van der Waals surface area (Å²) >= 11 is 3.39. The summed E-state index contributed by atoms with van der Waals surface area (Å²) in [4.78, 5) is 0. The van der Waals surface area contributed by atoms with E-state index in [4.69, 9.17) is 4.74 Å². The van der Waals surface area contributed by atoms with Gasteiger partial charge >= 0.3 is 0 Å². The highest BCUT2D eigenvalue weighted by molar-refractivity contribution is 9.10. The van der Waals surface area contributed by atoms with Crippen LogP contribution in [0.25, 0.3) is 0 Å². The second kappa shape index (κ2) is 7.40. The minimum absolute atomic E-state index is 0.200. The van der Waals surface area contributed by atoms with E-state index in [1.165, 1.54) is 0 Å². The van der Waals surface area contributed by atoms with Gasteiger partial charge in [-0.3, -0.25) is 0 Å². The Morgan fingerprint density at radius 1 is 1.44 bits per heavy atom. The van der Waals surface area contributed by atoms with Gasteiger partial charge in [-0.15, -0.1) is 0 Å². The zero-order chi connectivity index (χ0) is 13.5. The first-order chi connectivity index (χ1) is 8.60. The maximum Gasteiger partial charge on any atom is 0.103 e. The molecule has 3 nitrogen and oxygen atoms in total. The van der Waals surface area contributed by atoms with E-state index in [1.807, 2.05) is 25.1 Å². The molecule has 0 saturated heterocycles. The molecule has 0 spiro atoms. The molecule has 1 aromatic rings. The summed E-state index contributed by atoms with van der Waals surface area (Å²) < 4.78 is 6.29. The molecule has 1 N–H and O–H groups in total. The molecule has 1 rings (SSSR count). The quantitative estimate of drug-likeness (QED) is 0.869. The van der Waals surface area contributed by atoms with E-state index in [0.29, 0.717) is 24.7 Å². The fourth-order valence-corrected chi connectivity index (χ4v) is 2.06. The summed E-state index contributed by atoms with van der Waals surface area (Å²) in [6, 6.07) is 8.13. The van der Waals surface area contributed by atoms with Gasteiger partial charge in [0.25, 0.3) is 0 Å². The van der Waals surface area contributed by atoms with Crippen LogP contribution in [-0.4, -0.2) is 19.3 Å². The van der Waals surface area contributed by atoms with Gasteiger partial charge < -0.3 is 10.1 Å². The minimum Gasteiger partial charge on any atom is -0.380 e. The standard InChI is InChI=1S/C14H19BrN2O/c1-4-18-9-14(10(2)3)17-13-7-5-6-12(15)11(13)8-16/h5-7,10,14,17H,4,9H2,1-3H3. The lowest BCUT2D eigenvalue weighted by Gasteiger charge is -2.24. The fourth-order valence-electron chi connectivity index (χ4n) is 1.60. The van der Waals surface area contributed by atoms with Crippen molar-refractivity contribution < 1.29 is 4.74 Å². The number of halogens is 1. The number of hydrogen-bond acceptors (Lipinski definition) is 3. The van der Waals surface area contributed by atoms with Crippen molar-refractivity contribution in [3.8, 4) is 6.07 Å². The van der Waals surface area contributed by atoms with Crippen molar-refractivity contribution in [2.24, 2.45) is 5.92 Å². The van der Waals surface area contributed by atoms with Gasteiger partial charge in [0.1, 0.15) is 6.07 Å². The van der Waals surface area contributed by atoms with E-state index >= 15 is 0 Å². The number of nitrogens with zero attached hydrogens (tertiary/aromatic N) is 1. The largest absolute Gasteiger partial charge is 0.380 e. The van der Waals surface area contributed by atoms with Crippen molar-refractivity contribution in [2.75, 3.05) is 18.5 Å². The van der Waals surface area contributed by atoms with Crippen LogP contribution in [0.1, 0.15) is 26.3 Å². The number of anilines is 1. The van der Waals surface area contributed by atoms with Gasteiger partial charge in [0.15, 0.2) is 0 Å². The molecule has 0 bridgehead atoms. The van der Waals surface area contributed by atoms with Crippen molar-refractivity contribution in [3.05, 3.63) is 28.2 Å². The number of hydrogen-bond donors (Lipinski definition) is 1. The van der Waals surface area contributed by atoms with Gasteiger partial charge in [-0.25, -0.2) is 0 Å². The summed E-state index contributed by atoms with van der Waals surface area (Å²) in [6.45, 7) is 7.61. The summed E-state index contributed by atoms with van der Waals surface area (Å²) in [5, 5.41) is 12.6. The summed E-state index contributed by atoms with van der Waals surface area (Å²) in [5.41, 5.74) is 1.49. The number of nitrogens with one attached hydrogen (secondary N) is 1. The molecule has 0 radical (unpaired) electrons. The van der Waals surface area contributed by atoms with Crippen LogP contribution in [0.4, 0.5) is 5.69 Å². The first-order valence-corrected chi connectivity index (χ1v) is 6.92. The van der Waals surface area contributed by atoms with Crippen molar-refractivity contribution in [1.29, 1.82) is 5.26 Å². The number of benzene rings is 1. The molecule has 18 heavy (non-hydrogen) atoms. The average Bonchev–Trinajstić information content (AvgIpc) is 2.34. The molecular formula is C14H19BrN2O. The second-order valence-corrected chi connectivity index (χ2v) is 5.28. The van der Waals surface area contributed by atoms with Crippen molar-refractivity contribution in [1.82, 2.24) is 0 Å². The fraction of sp³-hybridized carbons (Fsp3) is 0.500. The monoisotopic (exact) mass is 310 g/mol. The van der Waals surface area contributed by atoms with Crippen LogP contribution in [0.5, 0.6) is 0 Å². The zero-order valence-electron chi connectivity index (χ0n) is 11.0. The highest BCUT2D eigenvalue weighted by Gasteiger charge is 2.15. The molecule has 0 aliphatic heterocycles. The molecule has 0 aliphatic carbocycles. The SMILES string of the molecule is CCOCC(Nc1cccc(Br)c1C#N)C(C)C. The van der Waals surface area contributed by atoms with Crippen LogP contribution in [-0.2, 0) is 4.74 Å². The molecule has 1 unspecified atom stereocenters. The third kappa shape index (κ3) is 4.01. The molecule has 1 atom stereocenters. The maximum absolute atomic E-state index is 9.18. The Bertz CT molecular complexity index is 426. The lowest BCUT2D eigenvalue weighted by atomic mass is 10.0. The van der Waals surface area contributed by atoms with E-state index < -0.39 is 0 Å². The maximum atomic E-state index is 9.18. The molecule has 0 aliphatic rings. The molecule has 98 valence electrons. The van der Waals surface area contributed by atoms with Crippen molar-refractivity contribution >= 4 is 21.6 Å². The van der Waals surface area contributed by atoms with Crippen LogP contribution in [0, 0.1) is 17.2 Å². The first-order valence-electron chi connectivity index (χ1n) is 6.13. The van der Waals surface area contributed by atoms with Gasteiger partial charge in [0.2, 0.25) is 0 Å². The van der Waals surface area contributed by atoms with E-state index in [9.17, 15) is 5.26 Å². The van der Waals surface area contributed by atoms with E-state index in [1.54, 1.807) is 0 Å². The average molecular weight is 311 g/mol. The highest BCUT2D eigenvalue weighted by Crippen LogP contribution is 2.25. The van der Waals surface area contributed by atoms with Crippen LogP contribution in [0.3, 0.4) is 0 Å². The Morgan fingerprint density at radius 3 is 2.72 bits per heavy atom. The lowest BCUT2D eigenvalue weighted by molar-refractivity contribution is 0.127. The topological polar surface area (TPSA) is 45.0 Å². The molecule has 1 aromatic carbocycles. The van der Waals surface area contributed by atoms with Crippen LogP contribution in [0.2, 0.25) is 0 Å². The summed E-state index contributed by atoms with van der Waals surface area (Å²) in [6.07, 6.45) is 0. The van der Waals surface area contributed by atoms with Crippen molar-refractivity contribution in [3.63, 3.8) is 0 Å². The Labute approximate surface area is 117 Å². The second-order valence-electron chi connectivity index (χ2n) is 4.43. The van der Waals surface area contributed by atoms with E-state index in [2.05, 4.69) is 41.2 Å². The van der Waals surface area contributed by atoms with Gasteiger partial charge in [0, 0.05) is 11.1 Å². The first kappa shape index (κ1) is 15.0. The third-order valence-electron chi connectivity index (χ3n) is 2.77. The minimum atomic E-state index is 0.200. The highest BCUT2D eigenvalue weighted by atomic mass is 79.9. The lowest BCUT2D eigenvalue weighted by Crippen LogP contribution is -2.31. The van der Waals surface area contributed by atoms with Gasteiger partial charge in [0.05, 0.1) is 23.9 Å². The molecule has 0 heterocycles. The Balaban J connectivity index is 2.87. The molecule has 0 fully saturated rings. The zero-order valence-corrected chi connectivity index (χ0v) is 12.6. The van der Waals surface area contributed by atoms with Gasteiger partial charge in [-0.1, -0.05) is 19.9 Å². The van der Waals surface area contributed by atoms with E-state index in [-0.39, 0.29) is 6.04 Å². The Kier molecular flexibility index (Phi) is 6.17. The molecule has 4 heteroatoms. The smallest absolute Gasteiger partial charge is 0.103 e. The summed E-state index contributed by atoms with van der Waals surface area (Å²) in [5.74, 6) is 0.432. The van der Waals surface area contributed by atoms with Gasteiger partial charge in [-0.2, -0.15) is 5.26 Å². The van der Waals surface area contributed by atoms with Crippen LogP contribution < -0.4 is 5.32 Å². The molecule has 0 aromatic heterocycles. The molecular weight excluding hydrogens is 292 g/mol. The number of nitriles is 1. The number of rotatable bonds is 6. The Morgan fingerprint density at radius 2 is 2.17 bits per heavy atom. The van der Waals surface area contributed by atoms with Crippen molar-refractivity contribution in [2.45, 2.75) is 26.8 Å². The Hall–Kier alpha value is -1.05. The number of ether oxygens (including phenoxy) is 1. The van der Waals surface area contributed by atoms with Gasteiger partial charge in [-0.05, 0) is 40.9 Å². The van der Waals surface area contributed by atoms with Crippen LogP contribution in [0.15, 0.2) is 22.7 Å². The van der Waals surface area contributed by atoms with E-state index in [0.717, 1.165) is 10.2 Å². The predicted molar refractivity (Wildman–Crippen MR) is 77.6 cm³/mol. The molecule has 0 amide bonds. The molecule has 0 saturated carbocycles. The van der Waals surface area contributed by atoms with Crippen LogP contribution >= 0.6 is 15.9 Å².